The van der Waals surface area contributed by atoms with Crippen LogP contribution in [0.25, 0.3) is 0 Å². The number of hydrogen-bond acceptors (Lipinski definition) is 5. The summed E-state index contributed by atoms with van der Waals surface area (Å²) in [5, 5.41) is 10.8. The Morgan fingerprint density at radius 3 is 2.65 bits per heavy atom. The molecule has 1 aromatic heterocycles. The van der Waals surface area contributed by atoms with E-state index in [1.165, 1.54) is 11.3 Å². The van der Waals surface area contributed by atoms with Crippen LogP contribution in [0.5, 0.6) is 5.75 Å². The van der Waals surface area contributed by atoms with E-state index in [-0.39, 0.29) is 6.29 Å². The molecule has 102 valence electrons. The normalized spacial score (nSPS) is 15.2. The lowest BCUT2D eigenvalue weighted by atomic mass is 10.2. The topological polar surface area (TPSA) is 51.5 Å². The molecule has 4 nitrogen and oxygen atoms in total. The van der Waals surface area contributed by atoms with Crippen molar-refractivity contribution in [1.29, 1.82) is 5.26 Å². The smallest absolute Gasteiger partial charge is 0.184 e. The quantitative estimate of drug-likeness (QED) is 0.866. The minimum atomic E-state index is -0.258. The molecule has 1 aliphatic rings. The number of thiophene rings is 1. The van der Waals surface area contributed by atoms with Gasteiger partial charge in [0.15, 0.2) is 6.29 Å². The summed E-state index contributed by atoms with van der Waals surface area (Å²) < 4.78 is 16.5. The zero-order valence-corrected chi connectivity index (χ0v) is 11.6. The minimum absolute atomic E-state index is 0.258. The van der Waals surface area contributed by atoms with Crippen molar-refractivity contribution in [3.63, 3.8) is 0 Å². The van der Waals surface area contributed by atoms with Crippen molar-refractivity contribution < 1.29 is 14.2 Å². The Morgan fingerprint density at radius 1 is 1.20 bits per heavy atom. The molecule has 0 atom stereocenters. The maximum Gasteiger partial charge on any atom is 0.184 e. The molecule has 1 fully saturated rings. The molecule has 0 saturated carbocycles. The fourth-order valence-electron chi connectivity index (χ4n) is 1.98. The number of nitriles is 1. The third-order valence-electron chi connectivity index (χ3n) is 3.02. The van der Waals surface area contributed by atoms with Gasteiger partial charge >= 0.3 is 0 Å². The van der Waals surface area contributed by atoms with Gasteiger partial charge in [-0.3, -0.25) is 0 Å². The van der Waals surface area contributed by atoms with Gasteiger partial charge in [0, 0.05) is 11.1 Å². The summed E-state index contributed by atoms with van der Waals surface area (Å²) in [7, 11) is 0. The number of rotatable bonds is 4. The fraction of sp³-hybridized carbons (Fsp3) is 0.267. The summed E-state index contributed by atoms with van der Waals surface area (Å²) >= 11 is 1.43. The van der Waals surface area contributed by atoms with Crippen molar-refractivity contribution in [2.75, 3.05) is 13.2 Å². The van der Waals surface area contributed by atoms with Crippen LogP contribution in [0.3, 0.4) is 0 Å². The van der Waals surface area contributed by atoms with Crippen LogP contribution in [-0.2, 0) is 16.1 Å². The van der Waals surface area contributed by atoms with Gasteiger partial charge in [0.25, 0.3) is 0 Å². The van der Waals surface area contributed by atoms with Crippen LogP contribution in [0, 0.1) is 11.3 Å². The first-order chi connectivity index (χ1) is 9.86. The van der Waals surface area contributed by atoms with Crippen LogP contribution in [-0.4, -0.2) is 13.2 Å². The Morgan fingerprint density at radius 2 is 1.95 bits per heavy atom. The maximum absolute atomic E-state index is 8.94. The zero-order valence-electron chi connectivity index (χ0n) is 10.7. The van der Waals surface area contributed by atoms with Crippen LogP contribution in [0.2, 0.25) is 0 Å². The Bertz CT molecular complexity index is 609. The lowest BCUT2D eigenvalue weighted by molar-refractivity contribution is -0.0441. The summed E-state index contributed by atoms with van der Waals surface area (Å²) in [6.07, 6.45) is -0.258. The van der Waals surface area contributed by atoms with Gasteiger partial charge in [0.2, 0.25) is 0 Å². The van der Waals surface area contributed by atoms with E-state index >= 15 is 0 Å². The Kier molecular flexibility index (Phi) is 3.97. The summed E-state index contributed by atoms with van der Waals surface area (Å²) in [4.78, 5) is 0.703. The van der Waals surface area contributed by atoms with Crippen molar-refractivity contribution in [3.05, 3.63) is 51.7 Å². The average molecular weight is 287 g/mol. The minimum Gasteiger partial charge on any atom is -0.489 e. The Hall–Kier alpha value is -1.87. The molecule has 0 radical (unpaired) electrons. The van der Waals surface area contributed by atoms with Crippen LogP contribution in [0.15, 0.2) is 35.7 Å². The second-order valence-electron chi connectivity index (χ2n) is 4.32. The van der Waals surface area contributed by atoms with E-state index in [0.717, 1.165) is 16.9 Å². The highest BCUT2D eigenvalue weighted by Crippen LogP contribution is 2.25. The van der Waals surface area contributed by atoms with Gasteiger partial charge in [-0.2, -0.15) is 5.26 Å². The SMILES string of the molecule is N#Cc1sccc1COc1ccc(C2OCCO2)cc1. The fourth-order valence-corrected chi connectivity index (χ4v) is 2.68. The summed E-state index contributed by atoms with van der Waals surface area (Å²) in [5.41, 5.74) is 1.91. The predicted octanol–water partition coefficient (Wildman–Crippen LogP) is 3.24. The molecule has 1 aromatic carbocycles. The van der Waals surface area contributed by atoms with Gasteiger partial charge in [0.05, 0.1) is 13.2 Å². The number of hydrogen-bond donors (Lipinski definition) is 0. The third kappa shape index (κ3) is 2.83. The summed E-state index contributed by atoms with van der Waals surface area (Å²) in [5.74, 6) is 0.766. The van der Waals surface area contributed by atoms with Crippen molar-refractivity contribution in [2.24, 2.45) is 0 Å². The largest absolute Gasteiger partial charge is 0.489 e. The van der Waals surface area contributed by atoms with Gasteiger partial charge in [-0.15, -0.1) is 11.3 Å². The van der Waals surface area contributed by atoms with Gasteiger partial charge < -0.3 is 14.2 Å². The second-order valence-corrected chi connectivity index (χ2v) is 5.23. The van der Waals surface area contributed by atoms with Crippen LogP contribution >= 0.6 is 11.3 Å². The van der Waals surface area contributed by atoms with E-state index in [1.54, 1.807) is 0 Å². The molecule has 5 heteroatoms. The molecular weight excluding hydrogens is 274 g/mol. The summed E-state index contributed by atoms with van der Waals surface area (Å²) in [6, 6.07) is 11.7. The average Bonchev–Trinajstić information content (AvgIpc) is 3.16. The number of nitrogens with zero attached hydrogens (tertiary/aromatic N) is 1. The van der Waals surface area contributed by atoms with Gasteiger partial charge in [-0.25, -0.2) is 0 Å². The molecule has 2 aromatic rings. The molecule has 0 spiro atoms. The molecule has 0 N–H and O–H groups in total. The van der Waals surface area contributed by atoms with E-state index in [4.69, 9.17) is 19.5 Å². The highest BCUT2D eigenvalue weighted by atomic mass is 32.1. The monoisotopic (exact) mass is 287 g/mol. The van der Waals surface area contributed by atoms with E-state index in [0.29, 0.717) is 24.7 Å². The summed E-state index contributed by atoms with van der Waals surface area (Å²) in [6.45, 7) is 1.68. The molecule has 20 heavy (non-hydrogen) atoms. The van der Waals surface area contributed by atoms with Crippen molar-refractivity contribution >= 4 is 11.3 Å². The molecule has 0 bridgehead atoms. The highest BCUT2D eigenvalue weighted by Gasteiger charge is 2.17. The van der Waals surface area contributed by atoms with Gasteiger partial charge in [0.1, 0.15) is 23.3 Å². The van der Waals surface area contributed by atoms with E-state index in [2.05, 4.69) is 6.07 Å². The van der Waals surface area contributed by atoms with E-state index in [1.807, 2.05) is 35.7 Å². The third-order valence-corrected chi connectivity index (χ3v) is 3.88. The van der Waals surface area contributed by atoms with Gasteiger partial charge in [-0.05, 0) is 23.6 Å². The second kappa shape index (κ2) is 6.06. The Labute approximate surface area is 121 Å². The highest BCUT2D eigenvalue weighted by molar-refractivity contribution is 7.10. The molecule has 0 amide bonds. The first kappa shape index (κ1) is 13.1. The molecule has 0 unspecified atom stereocenters. The number of benzene rings is 1. The molecular formula is C15H13NO3S. The lowest BCUT2D eigenvalue weighted by Crippen LogP contribution is -1.99. The zero-order chi connectivity index (χ0) is 13.8. The first-order valence-electron chi connectivity index (χ1n) is 6.29. The van der Waals surface area contributed by atoms with Crippen LogP contribution in [0.1, 0.15) is 22.3 Å². The molecule has 2 heterocycles. The van der Waals surface area contributed by atoms with E-state index in [9.17, 15) is 0 Å². The predicted molar refractivity (Wildman–Crippen MR) is 74.5 cm³/mol. The van der Waals surface area contributed by atoms with E-state index < -0.39 is 0 Å². The molecule has 3 rings (SSSR count). The lowest BCUT2D eigenvalue weighted by Gasteiger charge is -2.10. The van der Waals surface area contributed by atoms with Gasteiger partial charge in [-0.1, -0.05) is 12.1 Å². The number of ether oxygens (including phenoxy) is 3. The Balaban J connectivity index is 1.62. The van der Waals surface area contributed by atoms with Crippen molar-refractivity contribution in [1.82, 2.24) is 0 Å². The van der Waals surface area contributed by atoms with Crippen LogP contribution < -0.4 is 4.74 Å². The standard InChI is InChI=1S/C15H13NO3S/c16-9-14-12(5-8-20-14)10-19-13-3-1-11(2-4-13)15-17-6-7-18-15/h1-5,8,15H,6-7,10H2. The maximum atomic E-state index is 8.94. The van der Waals surface area contributed by atoms with Crippen molar-refractivity contribution in [2.45, 2.75) is 12.9 Å². The van der Waals surface area contributed by atoms with Crippen molar-refractivity contribution in [3.8, 4) is 11.8 Å². The van der Waals surface area contributed by atoms with Crippen LogP contribution in [0.4, 0.5) is 0 Å². The molecule has 0 aliphatic carbocycles. The molecule has 1 saturated heterocycles. The molecule has 1 aliphatic heterocycles. The first-order valence-corrected chi connectivity index (χ1v) is 7.17.